The van der Waals surface area contributed by atoms with E-state index in [-0.39, 0.29) is 24.2 Å². The summed E-state index contributed by atoms with van der Waals surface area (Å²) in [5.41, 5.74) is -0.632. The number of rotatable bonds is 5. The first-order valence-electron chi connectivity index (χ1n) is 6.76. The van der Waals surface area contributed by atoms with E-state index in [1.54, 1.807) is 37.6 Å². The van der Waals surface area contributed by atoms with Crippen LogP contribution in [-0.2, 0) is 13.6 Å². The standard InChI is InChI=1S/C15H17N3O4/c1-17-7-4-5-12(15(17)22)14(21)16-9-11(19)10-18-8-3-2-6-13(18)20/h2-8,11,19H,9-10H2,1H3,(H,16,21). The van der Waals surface area contributed by atoms with Gasteiger partial charge in [-0.1, -0.05) is 6.07 Å². The Morgan fingerprint density at radius 3 is 2.73 bits per heavy atom. The summed E-state index contributed by atoms with van der Waals surface area (Å²) in [6.07, 6.45) is 2.17. The van der Waals surface area contributed by atoms with E-state index in [9.17, 15) is 19.5 Å². The zero-order chi connectivity index (χ0) is 16.1. The molecule has 2 aromatic rings. The third kappa shape index (κ3) is 3.70. The quantitative estimate of drug-likeness (QED) is 0.767. The second-order valence-corrected chi connectivity index (χ2v) is 4.89. The molecule has 0 aromatic carbocycles. The van der Waals surface area contributed by atoms with Gasteiger partial charge in [0.2, 0.25) is 0 Å². The van der Waals surface area contributed by atoms with E-state index in [1.165, 1.54) is 21.3 Å². The molecule has 2 N–H and O–H groups in total. The van der Waals surface area contributed by atoms with Crippen molar-refractivity contribution in [2.24, 2.45) is 7.05 Å². The fourth-order valence-corrected chi connectivity index (χ4v) is 1.98. The highest BCUT2D eigenvalue weighted by Crippen LogP contribution is 1.93. The lowest BCUT2D eigenvalue weighted by molar-refractivity contribution is 0.0901. The van der Waals surface area contributed by atoms with Crippen LogP contribution in [-0.4, -0.2) is 32.8 Å². The molecule has 0 saturated carbocycles. The molecule has 2 aromatic heterocycles. The highest BCUT2D eigenvalue weighted by molar-refractivity contribution is 5.93. The van der Waals surface area contributed by atoms with Crippen LogP contribution in [0.15, 0.2) is 52.3 Å². The predicted molar refractivity (Wildman–Crippen MR) is 80.7 cm³/mol. The predicted octanol–water partition coefficient (Wildman–Crippen LogP) is -0.662. The molecule has 0 fully saturated rings. The zero-order valence-corrected chi connectivity index (χ0v) is 12.1. The first-order valence-corrected chi connectivity index (χ1v) is 6.76. The molecule has 0 aliphatic carbocycles. The van der Waals surface area contributed by atoms with Crippen LogP contribution in [0.1, 0.15) is 10.4 Å². The molecule has 1 atom stereocenters. The van der Waals surface area contributed by atoms with Gasteiger partial charge in [-0.05, 0) is 18.2 Å². The number of aromatic nitrogens is 2. The van der Waals surface area contributed by atoms with Crippen molar-refractivity contribution in [1.82, 2.24) is 14.5 Å². The lowest BCUT2D eigenvalue weighted by Crippen LogP contribution is -2.38. The van der Waals surface area contributed by atoms with E-state index in [0.29, 0.717) is 0 Å². The molecule has 0 radical (unpaired) electrons. The smallest absolute Gasteiger partial charge is 0.263 e. The summed E-state index contributed by atoms with van der Waals surface area (Å²) in [5, 5.41) is 12.4. The molecule has 0 aliphatic heterocycles. The molecule has 1 amide bonds. The summed E-state index contributed by atoms with van der Waals surface area (Å²) >= 11 is 0. The minimum absolute atomic E-state index is 0.00841. The molecule has 0 spiro atoms. The molecule has 2 heterocycles. The first-order chi connectivity index (χ1) is 10.5. The molecule has 1 unspecified atom stereocenters. The number of hydrogen-bond acceptors (Lipinski definition) is 4. The van der Waals surface area contributed by atoms with Gasteiger partial charge in [0.05, 0.1) is 12.6 Å². The monoisotopic (exact) mass is 303 g/mol. The van der Waals surface area contributed by atoms with Crippen molar-refractivity contribution in [2.75, 3.05) is 6.54 Å². The number of pyridine rings is 2. The molecule has 0 aliphatic rings. The molecular formula is C15H17N3O4. The van der Waals surface area contributed by atoms with Gasteiger partial charge in [-0.3, -0.25) is 14.4 Å². The summed E-state index contributed by atoms with van der Waals surface area (Å²) < 4.78 is 2.65. The second-order valence-electron chi connectivity index (χ2n) is 4.89. The number of aliphatic hydroxyl groups excluding tert-OH is 1. The Morgan fingerprint density at radius 2 is 2.00 bits per heavy atom. The van der Waals surface area contributed by atoms with Crippen molar-refractivity contribution in [3.63, 3.8) is 0 Å². The van der Waals surface area contributed by atoms with E-state index < -0.39 is 17.6 Å². The van der Waals surface area contributed by atoms with E-state index in [0.717, 1.165) is 0 Å². The van der Waals surface area contributed by atoms with Gasteiger partial charge in [0, 0.05) is 32.1 Å². The first kappa shape index (κ1) is 15.7. The number of carbonyl (C=O) groups is 1. The van der Waals surface area contributed by atoms with Gasteiger partial charge < -0.3 is 19.6 Å². The van der Waals surface area contributed by atoms with Crippen molar-refractivity contribution in [2.45, 2.75) is 12.6 Å². The number of aryl methyl sites for hydroxylation is 1. The molecular weight excluding hydrogens is 286 g/mol. The van der Waals surface area contributed by atoms with Crippen LogP contribution in [0.2, 0.25) is 0 Å². The fourth-order valence-electron chi connectivity index (χ4n) is 1.98. The highest BCUT2D eigenvalue weighted by atomic mass is 16.3. The maximum Gasteiger partial charge on any atom is 0.263 e. The Balaban J connectivity index is 1.96. The summed E-state index contributed by atoms with van der Waals surface area (Å²) in [6, 6.07) is 7.69. The van der Waals surface area contributed by atoms with E-state index in [2.05, 4.69) is 5.32 Å². The number of hydrogen-bond donors (Lipinski definition) is 2. The number of nitrogens with zero attached hydrogens (tertiary/aromatic N) is 2. The van der Waals surface area contributed by atoms with Crippen molar-refractivity contribution in [3.05, 3.63) is 69.0 Å². The molecule has 22 heavy (non-hydrogen) atoms. The van der Waals surface area contributed by atoms with Crippen LogP contribution in [0.25, 0.3) is 0 Å². The Kier molecular flexibility index (Phi) is 4.90. The third-order valence-corrected chi connectivity index (χ3v) is 3.17. The van der Waals surface area contributed by atoms with E-state index in [1.807, 2.05) is 0 Å². The Hall–Kier alpha value is -2.67. The normalized spacial score (nSPS) is 11.9. The van der Waals surface area contributed by atoms with E-state index in [4.69, 9.17) is 0 Å². The van der Waals surface area contributed by atoms with Crippen LogP contribution < -0.4 is 16.4 Å². The van der Waals surface area contributed by atoms with Gasteiger partial charge in [-0.15, -0.1) is 0 Å². The Labute approximate surface area is 126 Å². The van der Waals surface area contributed by atoms with Crippen molar-refractivity contribution >= 4 is 5.91 Å². The van der Waals surface area contributed by atoms with Crippen LogP contribution in [0.3, 0.4) is 0 Å². The average Bonchev–Trinajstić information content (AvgIpc) is 2.50. The third-order valence-electron chi connectivity index (χ3n) is 3.17. The molecule has 2 rings (SSSR count). The van der Waals surface area contributed by atoms with Crippen molar-refractivity contribution in [1.29, 1.82) is 0 Å². The number of aliphatic hydroxyl groups is 1. The summed E-state index contributed by atoms with van der Waals surface area (Å²) in [7, 11) is 1.55. The SMILES string of the molecule is Cn1cccc(C(=O)NCC(O)Cn2ccccc2=O)c1=O. The van der Waals surface area contributed by atoms with Gasteiger partial charge in [-0.2, -0.15) is 0 Å². The van der Waals surface area contributed by atoms with Crippen LogP contribution >= 0.6 is 0 Å². The molecule has 7 nitrogen and oxygen atoms in total. The zero-order valence-electron chi connectivity index (χ0n) is 12.1. The van der Waals surface area contributed by atoms with Gasteiger partial charge in [0.25, 0.3) is 17.0 Å². The van der Waals surface area contributed by atoms with Crippen LogP contribution in [0.5, 0.6) is 0 Å². The number of nitrogens with one attached hydrogen (secondary N) is 1. The largest absolute Gasteiger partial charge is 0.389 e. The topological polar surface area (TPSA) is 93.3 Å². The second kappa shape index (κ2) is 6.86. The van der Waals surface area contributed by atoms with Gasteiger partial charge in [-0.25, -0.2) is 0 Å². The van der Waals surface area contributed by atoms with Gasteiger partial charge >= 0.3 is 0 Å². The minimum Gasteiger partial charge on any atom is -0.389 e. The number of carbonyl (C=O) groups excluding carboxylic acids is 1. The average molecular weight is 303 g/mol. The van der Waals surface area contributed by atoms with Crippen molar-refractivity contribution in [3.8, 4) is 0 Å². The molecule has 0 bridgehead atoms. The maximum atomic E-state index is 11.9. The van der Waals surface area contributed by atoms with Crippen molar-refractivity contribution < 1.29 is 9.90 Å². The summed E-state index contributed by atoms with van der Waals surface area (Å²) in [5.74, 6) is -0.555. The van der Waals surface area contributed by atoms with Gasteiger partial charge in [0.15, 0.2) is 0 Å². The van der Waals surface area contributed by atoms with Crippen LogP contribution in [0.4, 0.5) is 0 Å². The van der Waals surface area contributed by atoms with Gasteiger partial charge in [0.1, 0.15) is 5.56 Å². The maximum absolute atomic E-state index is 11.9. The molecule has 116 valence electrons. The fraction of sp³-hybridized carbons (Fsp3) is 0.267. The Bertz CT molecular complexity index is 779. The number of amides is 1. The highest BCUT2D eigenvalue weighted by Gasteiger charge is 2.13. The van der Waals surface area contributed by atoms with Crippen LogP contribution in [0, 0.1) is 0 Å². The minimum atomic E-state index is -0.934. The lowest BCUT2D eigenvalue weighted by atomic mass is 10.2. The summed E-state index contributed by atoms with van der Waals surface area (Å²) in [4.78, 5) is 35.2. The summed E-state index contributed by atoms with van der Waals surface area (Å²) in [6.45, 7) is 0.00493. The lowest BCUT2D eigenvalue weighted by Gasteiger charge is -2.13. The van der Waals surface area contributed by atoms with E-state index >= 15 is 0 Å². The molecule has 0 saturated heterocycles. The molecule has 7 heteroatoms. The Morgan fingerprint density at radius 1 is 1.23 bits per heavy atom.